The van der Waals surface area contributed by atoms with E-state index in [2.05, 4.69) is 20.4 Å². The molecule has 2 aromatic heterocycles. The van der Waals surface area contributed by atoms with Crippen molar-refractivity contribution in [2.75, 3.05) is 5.32 Å². The summed E-state index contributed by atoms with van der Waals surface area (Å²) >= 11 is 5.89. The lowest BCUT2D eigenvalue weighted by molar-refractivity contribution is -0.144. The third kappa shape index (κ3) is 2.82. The number of hydrogen-bond acceptors (Lipinski definition) is 4. The van der Waals surface area contributed by atoms with Gasteiger partial charge in [0.15, 0.2) is 0 Å². The number of nitrogens with zero attached hydrogens (tertiary/aromatic N) is 4. The Balaban J connectivity index is 2.10. The second kappa shape index (κ2) is 5.13. The fraction of sp³-hybridized carbons (Fsp3) is 0.154. The van der Waals surface area contributed by atoms with Crippen molar-refractivity contribution in [1.29, 1.82) is 0 Å². The summed E-state index contributed by atoms with van der Waals surface area (Å²) in [5.74, 6) is -1.05. The van der Waals surface area contributed by atoms with E-state index in [4.69, 9.17) is 11.6 Å². The molecule has 3 rings (SSSR count). The van der Waals surface area contributed by atoms with Crippen molar-refractivity contribution < 1.29 is 13.2 Å². The minimum Gasteiger partial charge on any atom is -0.340 e. The van der Waals surface area contributed by atoms with Crippen molar-refractivity contribution >= 4 is 28.9 Å². The molecule has 0 aliphatic rings. The number of hydrogen-bond donors (Lipinski definition) is 1. The van der Waals surface area contributed by atoms with Crippen molar-refractivity contribution in [3.63, 3.8) is 0 Å². The standard InChI is InChI=1S/C13H9ClF3N5/c1-7-5-10(19-9-4-2-3-8(14)6-9)22-12(18-7)20-11(21-22)13(15,16)17/h2-6,19H,1H3. The zero-order chi connectivity index (χ0) is 15.9. The molecule has 0 fully saturated rings. The number of rotatable bonds is 2. The van der Waals surface area contributed by atoms with Crippen LogP contribution in [0.4, 0.5) is 24.7 Å². The molecule has 22 heavy (non-hydrogen) atoms. The molecular formula is C13H9ClF3N5. The molecule has 114 valence electrons. The van der Waals surface area contributed by atoms with Crippen LogP contribution in [0.1, 0.15) is 11.5 Å². The monoisotopic (exact) mass is 327 g/mol. The molecule has 1 aromatic carbocycles. The molecule has 5 nitrogen and oxygen atoms in total. The molecule has 0 radical (unpaired) electrons. The average molecular weight is 328 g/mol. The molecule has 0 amide bonds. The Morgan fingerprint density at radius 3 is 2.64 bits per heavy atom. The first-order valence-electron chi connectivity index (χ1n) is 6.17. The Bertz CT molecular complexity index is 843. The Morgan fingerprint density at radius 2 is 1.95 bits per heavy atom. The molecule has 0 saturated carbocycles. The van der Waals surface area contributed by atoms with E-state index in [9.17, 15) is 13.2 Å². The average Bonchev–Trinajstić information content (AvgIpc) is 2.82. The molecule has 0 atom stereocenters. The van der Waals surface area contributed by atoms with Gasteiger partial charge in [0.1, 0.15) is 5.82 Å². The van der Waals surface area contributed by atoms with Gasteiger partial charge < -0.3 is 5.32 Å². The molecule has 3 aromatic rings. The highest BCUT2D eigenvalue weighted by atomic mass is 35.5. The van der Waals surface area contributed by atoms with Gasteiger partial charge in [0.05, 0.1) is 0 Å². The van der Waals surface area contributed by atoms with Crippen LogP contribution < -0.4 is 5.32 Å². The van der Waals surface area contributed by atoms with Gasteiger partial charge in [0.2, 0.25) is 0 Å². The van der Waals surface area contributed by atoms with Crippen LogP contribution in [0.25, 0.3) is 5.78 Å². The second-order valence-corrected chi connectivity index (χ2v) is 5.00. The van der Waals surface area contributed by atoms with Gasteiger partial charge in [-0.05, 0) is 25.1 Å². The van der Waals surface area contributed by atoms with Crippen LogP contribution in [0, 0.1) is 6.92 Å². The summed E-state index contributed by atoms with van der Waals surface area (Å²) in [6.45, 7) is 1.66. The highest BCUT2D eigenvalue weighted by molar-refractivity contribution is 6.30. The van der Waals surface area contributed by atoms with Gasteiger partial charge in [-0.2, -0.15) is 22.7 Å². The molecule has 9 heteroatoms. The molecule has 0 unspecified atom stereocenters. The third-order valence-electron chi connectivity index (χ3n) is 2.79. The lowest BCUT2D eigenvalue weighted by Crippen LogP contribution is -2.08. The molecule has 0 spiro atoms. The number of aromatic nitrogens is 4. The van der Waals surface area contributed by atoms with E-state index in [1.165, 1.54) is 0 Å². The zero-order valence-corrected chi connectivity index (χ0v) is 11.9. The van der Waals surface area contributed by atoms with Crippen molar-refractivity contribution in [3.05, 3.63) is 46.9 Å². The van der Waals surface area contributed by atoms with Gasteiger partial charge in [-0.1, -0.05) is 17.7 Å². The van der Waals surface area contributed by atoms with E-state index in [0.717, 1.165) is 4.52 Å². The predicted molar refractivity (Wildman–Crippen MR) is 75.3 cm³/mol. The number of benzene rings is 1. The topological polar surface area (TPSA) is 55.1 Å². The van der Waals surface area contributed by atoms with Gasteiger partial charge in [-0.3, -0.25) is 0 Å². The fourth-order valence-electron chi connectivity index (χ4n) is 1.91. The summed E-state index contributed by atoms with van der Waals surface area (Å²) in [5, 5.41) is 6.93. The minimum absolute atomic E-state index is 0.128. The number of halogens is 4. The molecule has 1 N–H and O–H groups in total. The van der Waals surface area contributed by atoms with E-state index >= 15 is 0 Å². The number of aryl methyl sites for hydroxylation is 1. The van der Waals surface area contributed by atoms with Crippen molar-refractivity contribution in [2.24, 2.45) is 0 Å². The number of anilines is 2. The highest BCUT2D eigenvalue weighted by Gasteiger charge is 2.36. The largest absolute Gasteiger partial charge is 0.453 e. The summed E-state index contributed by atoms with van der Waals surface area (Å²) in [6.07, 6.45) is -4.63. The highest BCUT2D eigenvalue weighted by Crippen LogP contribution is 2.28. The normalized spacial score (nSPS) is 11.9. The quantitative estimate of drug-likeness (QED) is 0.777. The SMILES string of the molecule is Cc1cc(Nc2cccc(Cl)c2)n2nc(C(F)(F)F)nc2n1. The fourth-order valence-corrected chi connectivity index (χ4v) is 2.10. The summed E-state index contributed by atoms with van der Waals surface area (Å²) in [6, 6.07) is 8.36. The van der Waals surface area contributed by atoms with Gasteiger partial charge in [-0.25, -0.2) is 4.98 Å². The van der Waals surface area contributed by atoms with Crippen LogP contribution in [0.3, 0.4) is 0 Å². The lowest BCUT2D eigenvalue weighted by atomic mass is 10.3. The van der Waals surface area contributed by atoms with E-state index < -0.39 is 12.0 Å². The summed E-state index contributed by atoms with van der Waals surface area (Å²) in [4.78, 5) is 7.37. The predicted octanol–water partition coefficient (Wildman–Crippen LogP) is 3.85. The maximum absolute atomic E-state index is 12.7. The van der Waals surface area contributed by atoms with Crippen molar-refractivity contribution in [3.8, 4) is 0 Å². The van der Waals surface area contributed by atoms with Crippen LogP contribution >= 0.6 is 11.6 Å². The Morgan fingerprint density at radius 1 is 1.18 bits per heavy atom. The summed E-state index contributed by atoms with van der Waals surface area (Å²) < 4.78 is 39.2. The van der Waals surface area contributed by atoms with Crippen LogP contribution in [0.15, 0.2) is 30.3 Å². The van der Waals surface area contributed by atoms with E-state index in [-0.39, 0.29) is 5.78 Å². The second-order valence-electron chi connectivity index (χ2n) is 4.56. The molecule has 0 saturated heterocycles. The Labute approximate surface area is 127 Å². The first-order valence-corrected chi connectivity index (χ1v) is 6.55. The lowest BCUT2D eigenvalue weighted by Gasteiger charge is -2.08. The Kier molecular flexibility index (Phi) is 3.40. The van der Waals surface area contributed by atoms with Crippen molar-refractivity contribution in [2.45, 2.75) is 13.1 Å². The number of nitrogens with one attached hydrogen (secondary N) is 1. The molecule has 0 aliphatic carbocycles. The van der Waals surface area contributed by atoms with E-state index in [1.807, 2.05) is 0 Å². The van der Waals surface area contributed by atoms with Crippen LogP contribution in [0.5, 0.6) is 0 Å². The van der Waals surface area contributed by atoms with E-state index in [0.29, 0.717) is 22.2 Å². The van der Waals surface area contributed by atoms with Crippen LogP contribution in [-0.4, -0.2) is 19.6 Å². The molecular weight excluding hydrogens is 319 g/mol. The molecule has 0 aliphatic heterocycles. The smallest absolute Gasteiger partial charge is 0.340 e. The first kappa shape index (κ1) is 14.6. The van der Waals surface area contributed by atoms with E-state index in [1.54, 1.807) is 37.3 Å². The minimum atomic E-state index is -4.63. The summed E-state index contributed by atoms with van der Waals surface area (Å²) in [5.41, 5.74) is 1.13. The van der Waals surface area contributed by atoms with Gasteiger partial charge in [0, 0.05) is 22.5 Å². The third-order valence-corrected chi connectivity index (χ3v) is 3.03. The first-order chi connectivity index (χ1) is 10.3. The van der Waals surface area contributed by atoms with Crippen molar-refractivity contribution in [1.82, 2.24) is 19.6 Å². The van der Waals surface area contributed by atoms with Crippen LogP contribution in [-0.2, 0) is 6.18 Å². The maximum Gasteiger partial charge on any atom is 0.453 e. The maximum atomic E-state index is 12.7. The molecule has 2 heterocycles. The summed E-state index contributed by atoms with van der Waals surface area (Å²) in [7, 11) is 0. The molecule has 0 bridgehead atoms. The zero-order valence-electron chi connectivity index (χ0n) is 11.2. The van der Waals surface area contributed by atoms with Crippen LogP contribution in [0.2, 0.25) is 5.02 Å². The van der Waals surface area contributed by atoms with Gasteiger partial charge >= 0.3 is 6.18 Å². The Hall–Kier alpha value is -2.35. The number of alkyl halides is 3. The van der Waals surface area contributed by atoms with Gasteiger partial charge in [-0.15, -0.1) is 5.10 Å². The van der Waals surface area contributed by atoms with Gasteiger partial charge in [0.25, 0.3) is 11.6 Å². The number of fused-ring (bicyclic) bond motifs is 1.